The second-order valence-corrected chi connectivity index (χ2v) is 6.17. The summed E-state index contributed by atoms with van der Waals surface area (Å²) in [6.07, 6.45) is 3.61. The Morgan fingerprint density at radius 1 is 1.58 bits per heavy atom. The highest BCUT2D eigenvalue weighted by molar-refractivity contribution is 7.15. The first-order valence-electron chi connectivity index (χ1n) is 6.88. The van der Waals surface area contributed by atoms with E-state index in [1.165, 1.54) is 24.2 Å². The van der Waals surface area contributed by atoms with Gasteiger partial charge in [0.15, 0.2) is 0 Å². The van der Waals surface area contributed by atoms with Crippen LogP contribution in [0.1, 0.15) is 31.1 Å². The maximum Gasteiger partial charge on any atom is 0.324 e. The van der Waals surface area contributed by atoms with Crippen LogP contribution in [0.4, 0.5) is 5.00 Å². The van der Waals surface area contributed by atoms with Crippen molar-refractivity contribution >= 4 is 16.3 Å². The fraction of sp³-hybridized carbons (Fsp3) is 0.692. The Labute approximate surface area is 117 Å². The van der Waals surface area contributed by atoms with E-state index in [4.69, 9.17) is 0 Å². The van der Waals surface area contributed by atoms with Crippen molar-refractivity contribution in [2.75, 3.05) is 19.6 Å². The Hall–Kier alpha value is -0.980. The van der Waals surface area contributed by atoms with Crippen molar-refractivity contribution in [3.8, 4) is 0 Å². The van der Waals surface area contributed by atoms with Crippen LogP contribution in [0, 0.1) is 10.1 Å². The van der Waals surface area contributed by atoms with Crippen molar-refractivity contribution < 1.29 is 4.92 Å². The van der Waals surface area contributed by atoms with Gasteiger partial charge in [0, 0.05) is 30.1 Å². The predicted octanol–water partition coefficient (Wildman–Crippen LogP) is 2.62. The molecular formula is C13H21N3O2S. The van der Waals surface area contributed by atoms with Crippen molar-refractivity contribution in [1.82, 2.24) is 10.2 Å². The smallest absolute Gasteiger partial charge is 0.313 e. The van der Waals surface area contributed by atoms with Gasteiger partial charge >= 0.3 is 5.00 Å². The van der Waals surface area contributed by atoms with E-state index in [-0.39, 0.29) is 9.92 Å². The molecule has 1 aromatic rings. The van der Waals surface area contributed by atoms with Crippen LogP contribution in [-0.4, -0.2) is 35.5 Å². The molecule has 1 unspecified atom stereocenters. The second-order valence-electron chi connectivity index (χ2n) is 5.03. The minimum Gasteiger partial charge on any atom is -0.313 e. The standard InChI is InChI=1S/C13H21N3O2S/c1-2-8-15(9-11-4-3-7-14-11)10-12-5-6-13(19-12)16(17)18/h5-6,11,14H,2-4,7-10H2,1H3. The van der Waals surface area contributed by atoms with Gasteiger partial charge in [-0.2, -0.15) is 0 Å². The highest BCUT2D eigenvalue weighted by atomic mass is 32.1. The van der Waals surface area contributed by atoms with Gasteiger partial charge in [-0.3, -0.25) is 15.0 Å². The minimum atomic E-state index is -0.309. The van der Waals surface area contributed by atoms with Crippen molar-refractivity contribution in [1.29, 1.82) is 0 Å². The molecule has 19 heavy (non-hydrogen) atoms. The first kappa shape index (κ1) is 14.4. The summed E-state index contributed by atoms with van der Waals surface area (Å²) in [7, 11) is 0. The Bertz CT molecular complexity index is 416. The number of nitro groups is 1. The third-order valence-corrected chi connectivity index (χ3v) is 4.41. The average Bonchev–Trinajstić information content (AvgIpc) is 3.00. The van der Waals surface area contributed by atoms with Crippen molar-refractivity contribution in [2.45, 2.75) is 38.8 Å². The molecule has 2 rings (SSSR count). The van der Waals surface area contributed by atoms with Gasteiger partial charge in [0.1, 0.15) is 0 Å². The summed E-state index contributed by atoms with van der Waals surface area (Å²) < 4.78 is 0. The molecular weight excluding hydrogens is 262 g/mol. The topological polar surface area (TPSA) is 58.4 Å². The van der Waals surface area contributed by atoms with Gasteiger partial charge < -0.3 is 5.32 Å². The van der Waals surface area contributed by atoms with Crippen LogP contribution in [0.3, 0.4) is 0 Å². The summed E-state index contributed by atoms with van der Waals surface area (Å²) in [5.41, 5.74) is 0. The van der Waals surface area contributed by atoms with E-state index in [0.29, 0.717) is 6.04 Å². The molecule has 1 atom stereocenters. The highest BCUT2D eigenvalue weighted by Crippen LogP contribution is 2.25. The molecule has 1 aliphatic rings. The molecule has 0 spiro atoms. The van der Waals surface area contributed by atoms with E-state index >= 15 is 0 Å². The summed E-state index contributed by atoms with van der Waals surface area (Å²) in [5, 5.41) is 14.4. The zero-order valence-electron chi connectivity index (χ0n) is 11.3. The van der Waals surface area contributed by atoms with Crippen LogP contribution in [0.2, 0.25) is 0 Å². The molecule has 1 N–H and O–H groups in total. The zero-order chi connectivity index (χ0) is 13.7. The largest absolute Gasteiger partial charge is 0.324 e. The van der Waals surface area contributed by atoms with Crippen LogP contribution < -0.4 is 5.32 Å². The molecule has 2 heterocycles. The summed E-state index contributed by atoms with van der Waals surface area (Å²) in [6.45, 7) is 6.20. The van der Waals surface area contributed by atoms with Gasteiger partial charge in [-0.15, -0.1) is 0 Å². The molecule has 1 fully saturated rings. The molecule has 6 heteroatoms. The lowest BCUT2D eigenvalue weighted by molar-refractivity contribution is -0.380. The summed E-state index contributed by atoms with van der Waals surface area (Å²) >= 11 is 1.29. The maximum absolute atomic E-state index is 10.7. The van der Waals surface area contributed by atoms with Crippen LogP contribution in [0.5, 0.6) is 0 Å². The Balaban J connectivity index is 1.92. The lowest BCUT2D eigenvalue weighted by Crippen LogP contribution is -2.37. The number of nitrogens with one attached hydrogen (secondary N) is 1. The maximum atomic E-state index is 10.7. The molecule has 0 saturated carbocycles. The Morgan fingerprint density at radius 3 is 3.00 bits per heavy atom. The van der Waals surface area contributed by atoms with E-state index < -0.39 is 0 Å². The molecule has 5 nitrogen and oxygen atoms in total. The number of thiophene rings is 1. The lowest BCUT2D eigenvalue weighted by Gasteiger charge is -2.24. The molecule has 0 aliphatic carbocycles. The van der Waals surface area contributed by atoms with Gasteiger partial charge in [0.25, 0.3) is 0 Å². The third kappa shape index (κ3) is 4.26. The van der Waals surface area contributed by atoms with Crippen LogP contribution in [-0.2, 0) is 6.54 Å². The number of hydrogen-bond donors (Lipinski definition) is 1. The van der Waals surface area contributed by atoms with Crippen LogP contribution in [0.15, 0.2) is 12.1 Å². The minimum absolute atomic E-state index is 0.241. The van der Waals surface area contributed by atoms with Crippen molar-refractivity contribution in [2.24, 2.45) is 0 Å². The molecule has 0 bridgehead atoms. The fourth-order valence-corrected chi connectivity index (χ4v) is 3.41. The number of hydrogen-bond acceptors (Lipinski definition) is 5. The SMILES string of the molecule is CCCN(Cc1ccc([N+](=O)[O-])s1)CC1CCCN1. The van der Waals surface area contributed by atoms with Gasteiger partial charge in [0.05, 0.1) is 4.92 Å². The molecule has 106 valence electrons. The summed E-state index contributed by atoms with van der Waals surface area (Å²) in [4.78, 5) is 13.9. The summed E-state index contributed by atoms with van der Waals surface area (Å²) in [6, 6.07) is 4.08. The molecule has 0 amide bonds. The second kappa shape index (κ2) is 6.98. The third-order valence-electron chi connectivity index (χ3n) is 3.39. The Morgan fingerprint density at radius 2 is 2.42 bits per heavy atom. The van der Waals surface area contributed by atoms with E-state index in [9.17, 15) is 10.1 Å². The normalized spacial score (nSPS) is 19.2. The fourth-order valence-electron chi connectivity index (χ4n) is 2.55. The number of nitrogens with zero attached hydrogens (tertiary/aromatic N) is 2. The van der Waals surface area contributed by atoms with Gasteiger partial charge in [-0.25, -0.2) is 0 Å². The zero-order valence-corrected chi connectivity index (χ0v) is 12.1. The highest BCUT2D eigenvalue weighted by Gasteiger charge is 2.19. The van der Waals surface area contributed by atoms with Gasteiger partial charge in [-0.05, 0) is 38.4 Å². The summed E-state index contributed by atoms with van der Waals surface area (Å²) in [5.74, 6) is 0. The van der Waals surface area contributed by atoms with Crippen LogP contribution in [0.25, 0.3) is 0 Å². The van der Waals surface area contributed by atoms with E-state index in [1.807, 2.05) is 6.07 Å². The lowest BCUT2D eigenvalue weighted by atomic mass is 10.2. The molecule has 1 saturated heterocycles. The predicted molar refractivity (Wildman–Crippen MR) is 77.6 cm³/mol. The van der Waals surface area contributed by atoms with Gasteiger partial charge in [0.2, 0.25) is 0 Å². The van der Waals surface area contributed by atoms with E-state index in [1.54, 1.807) is 6.07 Å². The van der Waals surface area contributed by atoms with Gasteiger partial charge in [-0.1, -0.05) is 18.3 Å². The number of rotatable bonds is 7. The first-order chi connectivity index (χ1) is 9.19. The van der Waals surface area contributed by atoms with E-state index in [2.05, 4.69) is 17.1 Å². The van der Waals surface area contributed by atoms with E-state index in [0.717, 1.165) is 37.5 Å². The first-order valence-corrected chi connectivity index (χ1v) is 7.69. The molecule has 1 aromatic heterocycles. The van der Waals surface area contributed by atoms with Crippen LogP contribution >= 0.6 is 11.3 Å². The monoisotopic (exact) mass is 283 g/mol. The van der Waals surface area contributed by atoms with Crippen molar-refractivity contribution in [3.63, 3.8) is 0 Å². The average molecular weight is 283 g/mol. The van der Waals surface area contributed by atoms with Crippen molar-refractivity contribution in [3.05, 3.63) is 27.1 Å². The molecule has 0 radical (unpaired) electrons. The Kier molecular flexibility index (Phi) is 5.30. The molecule has 1 aliphatic heterocycles. The quantitative estimate of drug-likeness (QED) is 0.617. The molecule has 0 aromatic carbocycles.